The number of hydrogen-bond acceptors (Lipinski definition) is 3. The first kappa shape index (κ1) is 13.8. The number of amides is 1. The fourth-order valence-electron chi connectivity index (χ4n) is 4.19. The number of hydrogen-bond donors (Lipinski definition) is 0. The number of piperidine rings is 1. The molecule has 1 atom stereocenters. The van der Waals surface area contributed by atoms with Crippen molar-refractivity contribution < 1.29 is 4.79 Å². The van der Waals surface area contributed by atoms with Gasteiger partial charge in [0.1, 0.15) is 5.54 Å². The number of likely N-dealkylation sites (tertiary alicyclic amines) is 2. The van der Waals surface area contributed by atoms with Crippen molar-refractivity contribution in [3.63, 3.8) is 0 Å². The first-order valence-electron chi connectivity index (χ1n) is 8.13. The van der Waals surface area contributed by atoms with Crippen LogP contribution in [0.2, 0.25) is 0 Å². The average molecular weight is 298 g/mol. The number of nitrogens with zero attached hydrogens (tertiary/aromatic N) is 4. The fraction of sp³-hybridized carbons (Fsp3) is 0.529. The molecule has 0 saturated carbocycles. The van der Waals surface area contributed by atoms with Crippen LogP contribution in [0.4, 0.5) is 0 Å². The molecule has 0 radical (unpaired) electrons. The standard InChI is InChI=1S/C17H22N4O/c1-19-11-3-8-17(16(19)22)9-4-12-20(17)13-15-6-2-5-14-7-10-18-21(14)15/h2,5-7,10H,3-4,8-9,11-13H2,1H3. The van der Waals surface area contributed by atoms with Crippen LogP contribution in [0.3, 0.4) is 0 Å². The fourth-order valence-corrected chi connectivity index (χ4v) is 4.19. The predicted molar refractivity (Wildman–Crippen MR) is 84.4 cm³/mol. The van der Waals surface area contributed by atoms with Gasteiger partial charge in [0.15, 0.2) is 0 Å². The maximum atomic E-state index is 12.8. The van der Waals surface area contributed by atoms with E-state index < -0.39 is 0 Å². The molecule has 0 bridgehead atoms. The Morgan fingerprint density at radius 2 is 2.00 bits per heavy atom. The maximum absolute atomic E-state index is 12.8. The Bertz CT molecular complexity index is 710. The monoisotopic (exact) mass is 298 g/mol. The number of carbonyl (C=O) groups is 1. The molecule has 2 saturated heterocycles. The summed E-state index contributed by atoms with van der Waals surface area (Å²) in [5.41, 5.74) is 1.99. The van der Waals surface area contributed by atoms with Gasteiger partial charge in [-0.3, -0.25) is 9.69 Å². The lowest BCUT2D eigenvalue weighted by molar-refractivity contribution is -0.146. The van der Waals surface area contributed by atoms with Crippen LogP contribution in [0.15, 0.2) is 30.5 Å². The summed E-state index contributed by atoms with van der Waals surface area (Å²) in [5, 5.41) is 4.42. The molecule has 1 unspecified atom stereocenters. The van der Waals surface area contributed by atoms with Crippen molar-refractivity contribution in [1.29, 1.82) is 0 Å². The molecule has 1 spiro atoms. The predicted octanol–water partition coefficient (Wildman–Crippen LogP) is 1.92. The maximum Gasteiger partial charge on any atom is 0.242 e. The summed E-state index contributed by atoms with van der Waals surface area (Å²) in [6.07, 6.45) is 6.02. The van der Waals surface area contributed by atoms with E-state index in [1.54, 1.807) is 0 Å². The Kier molecular flexibility index (Phi) is 3.18. The van der Waals surface area contributed by atoms with Gasteiger partial charge in [0.2, 0.25) is 5.91 Å². The first-order valence-corrected chi connectivity index (χ1v) is 8.13. The number of aromatic nitrogens is 2. The van der Waals surface area contributed by atoms with Gasteiger partial charge >= 0.3 is 0 Å². The van der Waals surface area contributed by atoms with Gasteiger partial charge in [-0.1, -0.05) is 6.07 Å². The van der Waals surface area contributed by atoms with Gasteiger partial charge in [0.25, 0.3) is 0 Å². The Morgan fingerprint density at radius 3 is 2.86 bits per heavy atom. The summed E-state index contributed by atoms with van der Waals surface area (Å²) in [4.78, 5) is 17.1. The molecule has 2 aliphatic rings. The lowest BCUT2D eigenvalue weighted by Gasteiger charge is -2.43. The van der Waals surface area contributed by atoms with Crippen molar-refractivity contribution in [2.75, 3.05) is 20.1 Å². The largest absolute Gasteiger partial charge is 0.344 e. The molecule has 22 heavy (non-hydrogen) atoms. The van der Waals surface area contributed by atoms with Crippen molar-refractivity contribution in [3.05, 3.63) is 36.2 Å². The molecule has 0 aliphatic carbocycles. The molecule has 116 valence electrons. The number of pyridine rings is 1. The van der Waals surface area contributed by atoms with E-state index in [0.29, 0.717) is 5.91 Å². The van der Waals surface area contributed by atoms with E-state index in [9.17, 15) is 4.79 Å². The average Bonchev–Trinajstić information content (AvgIpc) is 3.13. The molecule has 2 aromatic heterocycles. The zero-order chi connectivity index (χ0) is 15.2. The Labute approximate surface area is 130 Å². The van der Waals surface area contributed by atoms with Crippen LogP contribution < -0.4 is 0 Å². The molecular formula is C17H22N4O. The zero-order valence-electron chi connectivity index (χ0n) is 13.0. The second-order valence-corrected chi connectivity index (χ2v) is 6.57. The van der Waals surface area contributed by atoms with Crippen molar-refractivity contribution in [1.82, 2.24) is 19.4 Å². The number of rotatable bonds is 2. The SMILES string of the molecule is CN1CCCC2(CCCN2Cc2cccc3ccnn23)C1=O. The molecule has 1 amide bonds. The molecule has 5 heteroatoms. The summed E-state index contributed by atoms with van der Waals surface area (Å²) in [6, 6.07) is 8.27. The number of carbonyl (C=O) groups excluding carboxylic acids is 1. The normalized spacial score (nSPS) is 26.4. The minimum absolute atomic E-state index is 0.275. The molecule has 4 heterocycles. The third-order valence-corrected chi connectivity index (χ3v) is 5.30. The molecule has 2 fully saturated rings. The van der Waals surface area contributed by atoms with E-state index in [1.807, 2.05) is 28.7 Å². The smallest absolute Gasteiger partial charge is 0.242 e. The minimum atomic E-state index is -0.275. The number of fused-ring (bicyclic) bond motifs is 1. The summed E-state index contributed by atoms with van der Waals surface area (Å²) in [7, 11) is 1.94. The summed E-state index contributed by atoms with van der Waals surface area (Å²) in [6.45, 7) is 2.68. The minimum Gasteiger partial charge on any atom is -0.344 e. The summed E-state index contributed by atoms with van der Waals surface area (Å²) >= 11 is 0. The molecule has 4 rings (SSSR count). The van der Waals surface area contributed by atoms with Gasteiger partial charge in [-0.05, 0) is 50.4 Å². The third-order valence-electron chi connectivity index (χ3n) is 5.30. The van der Waals surface area contributed by atoms with Crippen LogP contribution in [0, 0.1) is 0 Å². The van der Waals surface area contributed by atoms with E-state index in [4.69, 9.17) is 0 Å². The molecule has 0 aromatic carbocycles. The Hall–Kier alpha value is -1.88. The van der Waals surface area contributed by atoms with E-state index >= 15 is 0 Å². The number of likely N-dealkylation sites (N-methyl/N-ethyl adjacent to an activating group) is 1. The second kappa shape index (κ2) is 5.09. The van der Waals surface area contributed by atoms with Gasteiger partial charge in [0, 0.05) is 26.3 Å². The van der Waals surface area contributed by atoms with Crippen LogP contribution in [-0.4, -0.2) is 51.0 Å². The van der Waals surface area contributed by atoms with E-state index in [1.165, 1.54) is 0 Å². The molecule has 5 nitrogen and oxygen atoms in total. The van der Waals surface area contributed by atoms with Gasteiger partial charge in [-0.25, -0.2) is 4.52 Å². The van der Waals surface area contributed by atoms with Crippen LogP contribution in [0.25, 0.3) is 5.52 Å². The zero-order valence-corrected chi connectivity index (χ0v) is 13.0. The van der Waals surface area contributed by atoms with E-state index in [2.05, 4.69) is 28.2 Å². The van der Waals surface area contributed by atoms with Crippen LogP contribution in [0.5, 0.6) is 0 Å². The van der Waals surface area contributed by atoms with E-state index in [0.717, 1.165) is 56.5 Å². The lowest BCUT2D eigenvalue weighted by atomic mass is 9.85. The van der Waals surface area contributed by atoms with Crippen LogP contribution in [0.1, 0.15) is 31.4 Å². The van der Waals surface area contributed by atoms with Crippen LogP contribution >= 0.6 is 0 Å². The summed E-state index contributed by atoms with van der Waals surface area (Å²) < 4.78 is 1.99. The molecule has 2 aromatic rings. The summed E-state index contributed by atoms with van der Waals surface area (Å²) in [5.74, 6) is 0.309. The van der Waals surface area contributed by atoms with Crippen LogP contribution in [-0.2, 0) is 11.3 Å². The van der Waals surface area contributed by atoms with E-state index in [-0.39, 0.29) is 5.54 Å². The van der Waals surface area contributed by atoms with Gasteiger partial charge < -0.3 is 4.90 Å². The van der Waals surface area contributed by atoms with Gasteiger partial charge in [-0.15, -0.1) is 0 Å². The highest BCUT2D eigenvalue weighted by atomic mass is 16.2. The van der Waals surface area contributed by atoms with Gasteiger partial charge in [-0.2, -0.15) is 5.10 Å². The highest BCUT2D eigenvalue weighted by Gasteiger charge is 2.49. The van der Waals surface area contributed by atoms with Gasteiger partial charge in [0.05, 0.1) is 11.2 Å². The van der Waals surface area contributed by atoms with Crippen molar-refractivity contribution >= 4 is 11.4 Å². The topological polar surface area (TPSA) is 40.9 Å². The first-order chi connectivity index (χ1) is 10.7. The Balaban J connectivity index is 1.67. The highest BCUT2D eigenvalue weighted by molar-refractivity contribution is 5.87. The quantitative estimate of drug-likeness (QED) is 0.850. The molecule has 0 N–H and O–H groups in total. The Morgan fingerprint density at radius 1 is 1.18 bits per heavy atom. The molecular weight excluding hydrogens is 276 g/mol. The third kappa shape index (κ3) is 1.96. The van der Waals surface area contributed by atoms with Crippen molar-refractivity contribution in [2.45, 2.75) is 37.8 Å². The van der Waals surface area contributed by atoms with Crippen molar-refractivity contribution in [3.8, 4) is 0 Å². The molecule has 2 aliphatic heterocycles. The lowest BCUT2D eigenvalue weighted by Crippen LogP contribution is -2.58. The highest BCUT2D eigenvalue weighted by Crippen LogP contribution is 2.38. The van der Waals surface area contributed by atoms with Crippen molar-refractivity contribution in [2.24, 2.45) is 0 Å². The second-order valence-electron chi connectivity index (χ2n) is 6.57.